The summed E-state index contributed by atoms with van der Waals surface area (Å²) in [5, 5.41) is 11.5. The van der Waals surface area contributed by atoms with E-state index in [0.717, 1.165) is 0 Å². The molecular weight excluding hydrogens is 287 g/mol. The fraction of sp³-hybridized carbons (Fsp3) is 0.800. The van der Waals surface area contributed by atoms with Gasteiger partial charge in [-0.2, -0.15) is 0 Å². The molecule has 2 N–H and O–H groups in total. The van der Waals surface area contributed by atoms with Crippen LogP contribution in [0.5, 0.6) is 0 Å². The Morgan fingerprint density at radius 2 is 1.94 bits per heavy atom. The molecule has 0 bridgehead atoms. The predicted molar refractivity (Wildman–Crippen MR) is 53.3 cm³/mol. The Hall–Kier alpha value is 0.00390. The summed E-state index contributed by atoms with van der Waals surface area (Å²) < 4.78 is 5.17. The molecule has 0 aromatic heterocycles. The Balaban J connectivity index is 0.00000225. The Morgan fingerprint density at radius 3 is 2.38 bits per heavy atom. The first kappa shape index (κ1) is 16.0. The molecule has 1 aliphatic rings. The average molecular weight is 304 g/mol. The van der Waals surface area contributed by atoms with E-state index in [9.17, 15) is 9.59 Å². The zero-order chi connectivity index (χ0) is 11.4. The number of hydrogen-bond acceptors (Lipinski definition) is 3. The SMILES string of the molecule is CNC(=O)C1CC(OC)CC[C@@H]1C(=O)O.[Y]. The summed E-state index contributed by atoms with van der Waals surface area (Å²) in [6.07, 6.45) is 1.71. The summed E-state index contributed by atoms with van der Waals surface area (Å²) in [6.45, 7) is 0. The Morgan fingerprint density at radius 1 is 1.31 bits per heavy atom. The van der Waals surface area contributed by atoms with Gasteiger partial charge in [-0.1, -0.05) is 0 Å². The number of ether oxygens (including phenoxy) is 1. The molecule has 1 rings (SSSR count). The van der Waals surface area contributed by atoms with Crippen molar-refractivity contribution < 1.29 is 52.1 Å². The largest absolute Gasteiger partial charge is 0.481 e. The van der Waals surface area contributed by atoms with Crippen LogP contribution in [-0.4, -0.2) is 37.2 Å². The molecule has 0 heterocycles. The molecular formula is C10H17NO4Y. The van der Waals surface area contributed by atoms with Crippen molar-refractivity contribution in [2.45, 2.75) is 25.4 Å². The molecule has 0 aromatic rings. The Kier molecular flexibility index (Phi) is 7.35. The molecule has 5 nitrogen and oxygen atoms in total. The van der Waals surface area contributed by atoms with Crippen LogP contribution in [0.4, 0.5) is 0 Å². The third kappa shape index (κ3) is 3.79. The summed E-state index contributed by atoms with van der Waals surface area (Å²) in [6, 6.07) is 0. The van der Waals surface area contributed by atoms with Gasteiger partial charge in [-0.25, -0.2) is 0 Å². The van der Waals surface area contributed by atoms with Crippen molar-refractivity contribution in [3.05, 3.63) is 0 Å². The molecule has 0 aromatic carbocycles. The van der Waals surface area contributed by atoms with E-state index in [-0.39, 0.29) is 44.7 Å². The second-order valence-electron chi connectivity index (χ2n) is 3.84. The van der Waals surface area contributed by atoms with Gasteiger partial charge in [0.15, 0.2) is 0 Å². The number of aliphatic carboxylic acids is 1. The van der Waals surface area contributed by atoms with E-state index in [1.54, 1.807) is 7.11 Å². The van der Waals surface area contributed by atoms with Crippen LogP contribution in [0, 0.1) is 11.8 Å². The van der Waals surface area contributed by atoms with Gasteiger partial charge >= 0.3 is 5.97 Å². The van der Waals surface area contributed by atoms with Gasteiger partial charge in [0, 0.05) is 46.9 Å². The Bertz CT molecular complexity index is 259. The van der Waals surface area contributed by atoms with Crippen molar-refractivity contribution in [3.8, 4) is 0 Å². The number of rotatable bonds is 3. The Labute approximate surface area is 120 Å². The standard InChI is InChI=1S/C10H17NO4.Y/c1-11-9(12)8-5-6(15-2)3-4-7(8)10(13)14;/h6-8H,3-5H2,1-2H3,(H,11,12)(H,13,14);/t6?,7-,8?;/m0./s1. The summed E-state index contributed by atoms with van der Waals surface area (Å²) in [4.78, 5) is 22.5. The zero-order valence-electron chi connectivity index (χ0n) is 9.60. The van der Waals surface area contributed by atoms with Crippen LogP contribution < -0.4 is 5.32 Å². The van der Waals surface area contributed by atoms with Crippen LogP contribution in [0.3, 0.4) is 0 Å². The van der Waals surface area contributed by atoms with E-state index in [0.29, 0.717) is 19.3 Å². The fourth-order valence-electron chi connectivity index (χ4n) is 2.12. The fourth-order valence-corrected chi connectivity index (χ4v) is 2.12. The number of hydrogen-bond donors (Lipinski definition) is 2. The van der Waals surface area contributed by atoms with Crippen LogP contribution in [0.25, 0.3) is 0 Å². The molecule has 0 aliphatic heterocycles. The van der Waals surface area contributed by atoms with Crippen molar-refractivity contribution in [1.82, 2.24) is 5.32 Å². The van der Waals surface area contributed by atoms with Gasteiger partial charge in [-0.15, -0.1) is 0 Å². The number of carboxylic acids is 1. The minimum atomic E-state index is -0.891. The smallest absolute Gasteiger partial charge is 0.307 e. The monoisotopic (exact) mass is 304 g/mol. The number of amides is 1. The number of nitrogens with one attached hydrogen (secondary N) is 1. The molecule has 1 saturated carbocycles. The number of methoxy groups -OCH3 is 1. The normalized spacial score (nSPS) is 29.0. The zero-order valence-corrected chi connectivity index (χ0v) is 12.4. The van der Waals surface area contributed by atoms with Gasteiger partial charge in [-0.3, -0.25) is 9.59 Å². The van der Waals surface area contributed by atoms with E-state index in [1.165, 1.54) is 7.05 Å². The van der Waals surface area contributed by atoms with Gasteiger partial charge in [0.25, 0.3) is 0 Å². The minimum absolute atomic E-state index is 0. The number of carboxylic acid groups (broad SMARTS) is 1. The van der Waals surface area contributed by atoms with Gasteiger partial charge in [0.2, 0.25) is 5.91 Å². The molecule has 6 heteroatoms. The molecule has 0 spiro atoms. The first-order chi connectivity index (χ1) is 7.10. The van der Waals surface area contributed by atoms with Crippen molar-refractivity contribution >= 4 is 11.9 Å². The van der Waals surface area contributed by atoms with Crippen molar-refractivity contribution in [3.63, 3.8) is 0 Å². The number of carbonyl (C=O) groups excluding carboxylic acids is 1. The van der Waals surface area contributed by atoms with Crippen LogP contribution in [0.15, 0.2) is 0 Å². The third-order valence-corrected chi connectivity index (χ3v) is 3.04. The molecule has 89 valence electrons. The number of carbonyl (C=O) groups is 2. The summed E-state index contributed by atoms with van der Waals surface area (Å²) in [5.41, 5.74) is 0. The van der Waals surface area contributed by atoms with Crippen molar-refractivity contribution in [1.29, 1.82) is 0 Å². The average Bonchev–Trinajstić information content (AvgIpc) is 2.26. The van der Waals surface area contributed by atoms with Crippen molar-refractivity contribution in [2.24, 2.45) is 11.8 Å². The maximum Gasteiger partial charge on any atom is 0.307 e. The minimum Gasteiger partial charge on any atom is -0.481 e. The molecule has 1 aliphatic carbocycles. The van der Waals surface area contributed by atoms with Gasteiger partial charge in [-0.05, 0) is 19.3 Å². The maximum absolute atomic E-state index is 11.5. The van der Waals surface area contributed by atoms with E-state index in [4.69, 9.17) is 9.84 Å². The molecule has 16 heavy (non-hydrogen) atoms. The van der Waals surface area contributed by atoms with Gasteiger partial charge in [0.1, 0.15) is 0 Å². The van der Waals surface area contributed by atoms with Gasteiger partial charge in [0.05, 0.1) is 17.9 Å². The van der Waals surface area contributed by atoms with Crippen LogP contribution in [0.2, 0.25) is 0 Å². The van der Waals surface area contributed by atoms with Crippen LogP contribution in [0.1, 0.15) is 19.3 Å². The molecule has 2 unspecified atom stereocenters. The summed E-state index contributed by atoms with van der Waals surface area (Å²) >= 11 is 0. The maximum atomic E-state index is 11.5. The van der Waals surface area contributed by atoms with E-state index < -0.39 is 17.8 Å². The van der Waals surface area contributed by atoms with Crippen LogP contribution >= 0.6 is 0 Å². The van der Waals surface area contributed by atoms with E-state index in [1.807, 2.05) is 0 Å². The molecule has 3 atom stereocenters. The van der Waals surface area contributed by atoms with E-state index >= 15 is 0 Å². The van der Waals surface area contributed by atoms with E-state index in [2.05, 4.69) is 5.32 Å². The van der Waals surface area contributed by atoms with Crippen molar-refractivity contribution in [2.75, 3.05) is 14.2 Å². The second-order valence-corrected chi connectivity index (χ2v) is 3.84. The topological polar surface area (TPSA) is 75.6 Å². The summed E-state index contributed by atoms with van der Waals surface area (Å²) in [5.74, 6) is -2.13. The molecule has 1 radical (unpaired) electrons. The second kappa shape index (κ2) is 7.35. The van der Waals surface area contributed by atoms with Crippen LogP contribution in [-0.2, 0) is 47.0 Å². The summed E-state index contributed by atoms with van der Waals surface area (Å²) in [7, 11) is 3.12. The predicted octanol–water partition coefficient (Wildman–Crippen LogP) is 0.246. The first-order valence-electron chi connectivity index (χ1n) is 5.07. The quantitative estimate of drug-likeness (QED) is 0.783. The van der Waals surface area contributed by atoms with Gasteiger partial charge < -0.3 is 15.2 Å². The molecule has 1 amide bonds. The molecule has 0 saturated heterocycles. The molecule has 1 fully saturated rings. The first-order valence-corrected chi connectivity index (χ1v) is 5.07. The third-order valence-electron chi connectivity index (χ3n) is 3.04.